The molecule has 18 heavy (non-hydrogen) atoms. The third kappa shape index (κ3) is 2.45. The zero-order valence-corrected chi connectivity index (χ0v) is 11.5. The molecule has 1 fully saturated rings. The van der Waals surface area contributed by atoms with Crippen LogP contribution in [0.4, 0.5) is 0 Å². The van der Waals surface area contributed by atoms with Crippen molar-refractivity contribution in [2.24, 2.45) is 5.92 Å². The van der Waals surface area contributed by atoms with Crippen LogP contribution in [0.15, 0.2) is 29.6 Å². The maximum absolute atomic E-state index is 10.2. The molecule has 1 atom stereocenters. The molecule has 1 unspecified atom stereocenters. The van der Waals surface area contributed by atoms with Gasteiger partial charge in [0, 0.05) is 4.70 Å². The normalized spacial score (nSPS) is 18.5. The van der Waals surface area contributed by atoms with Crippen molar-refractivity contribution >= 4 is 21.4 Å². The van der Waals surface area contributed by atoms with Crippen LogP contribution in [0.2, 0.25) is 0 Å². The van der Waals surface area contributed by atoms with E-state index in [0.717, 1.165) is 12.8 Å². The first-order valence-electron chi connectivity index (χ1n) is 6.98. The van der Waals surface area contributed by atoms with Crippen molar-refractivity contribution < 1.29 is 5.11 Å². The lowest BCUT2D eigenvalue weighted by molar-refractivity contribution is 0.102. The van der Waals surface area contributed by atoms with Crippen molar-refractivity contribution in [3.05, 3.63) is 35.2 Å². The molecule has 1 nitrogen and oxygen atoms in total. The quantitative estimate of drug-likeness (QED) is 0.864. The number of fused-ring (bicyclic) bond motifs is 1. The van der Waals surface area contributed by atoms with Gasteiger partial charge in [0.2, 0.25) is 0 Å². The highest BCUT2D eigenvalue weighted by molar-refractivity contribution is 7.17. The highest BCUT2D eigenvalue weighted by Crippen LogP contribution is 2.31. The molecule has 0 aliphatic heterocycles. The smallest absolute Gasteiger partial charge is 0.0571 e. The Morgan fingerprint density at radius 3 is 2.83 bits per heavy atom. The van der Waals surface area contributed by atoms with Crippen molar-refractivity contribution in [2.45, 2.75) is 44.6 Å². The van der Waals surface area contributed by atoms with Crippen molar-refractivity contribution in [3.8, 4) is 0 Å². The molecule has 3 rings (SSSR count). The van der Waals surface area contributed by atoms with E-state index in [1.54, 1.807) is 0 Å². The standard InChI is InChI=1S/C16H20OS/c17-15(12-5-1-2-6-12)10-9-13-11-18-16-8-4-3-7-14(13)16/h3-4,7-8,11-12,15,17H,1-2,5-6,9-10H2. The topological polar surface area (TPSA) is 20.2 Å². The van der Waals surface area contributed by atoms with Crippen LogP contribution in [0.25, 0.3) is 10.1 Å². The molecule has 0 spiro atoms. The van der Waals surface area contributed by atoms with Crippen molar-refractivity contribution in [3.63, 3.8) is 0 Å². The fraction of sp³-hybridized carbons (Fsp3) is 0.500. The monoisotopic (exact) mass is 260 g/mol. The van der Waals surface area contributed by atoms with E-state index in [9.17, 15) is 5.11 Å². The number of aryl methyl sites for hydroxylation is 1. The molecule has 0 amide bonds. The molecule has 1 aromatic carbocycles. The van der Waals surface area contributed by atoms with Gasteiger partial charge in [0.15, 0.2) is 0 Å². The first-order chi connectivity index (χ1) is 8.84. The van der Waals surface area contributed by atoms with E-state index in [4.69, 9.17) is 0 Å². The molecule has 0 radical (unpaired) electrons. The zero-order chi connectivity index (χ0) is 12.4. The van der Waals surface area contributed by atoms with Gasteiger partial charge in [-0.05, 0) is 54.0 Å². The van der Waals surface area contributed by atoms with Crippen LogP contribution in [0, 0.1) is 5.92 Å². The van der Waals surface area contributed by atoms with Crippen molar-refractivity contribution in [2.75, 3.05) is 0 Å². The summed E-state index contributed by atoms with van der Waals surface area (Å²) in [6.07, 6.45) is 6.92. The lowest BCUT2D eigenvalue weighted by Gasteiger charge is -2.17. The lowest BCUT2D eigenvalue weighted by Crippen LogP contribution is -2.18. The molecule has 1 aromatic heterocycles. The van der Waals surface area contributed by atoms with E-state index < -0.39 is 0 Å². The minimum Gasteiger partial charge on any atom is -0.393 e. The Hall–Kier alpha value is -0.860. The van der Waals surface area contributed by atoms with E-state index in [1.807, 2.05) is 11.3 Å². The fourth-order valence-electron chi connectivity index (χ4n) is 3.11. The summed E-state index contributed by atoms with van der Waals surface area (Å²) < 4.78 is 1.36. The summed E-state index contributed by atoms with van der Waals surface area (Å²) in [5.41, 5.74) is 1.41. The Morgan fingerprint density at radius 2 is 2.00 bits per heavy atom. The number of hydrogen-bond donors (Lipinski definition) is 1. The Labute approximate surface area is 112 Å². The van der Waals surface area contributed by atoms with Crippen LogP contribution < -0.4 is 0 Å². The highest BCUT2D eigenvalue weighted by atomic mass is 32.1. The van der Waals surface area contributed by atoms with Gasteiger partial charge in [-0.1, -0.05) is 31.0 Å². The van der Waals surface area contributed by atoms with Gasteiger partial charge in [0.1, 0.15) is 0 Å². The average molecular weight is 260 g/mol. The van der Waals surface area contributed by atoms with Crippen LogP contribution in [-0.4, -0.2) is 11.2 Å². The number of benzene rings is 1. The second-order valence-electron chi connectivity index (χ2n) is 5.41. The van der Waals surface area contributed by atoms with E-state index in [0.29, 0.717) is 5.92 Å². The Kier molecular flexibility index (Phi) is 3.67. The summed E-state index contributed by atoms with van der Waals surface area (Å²) in [7, 11) is 0. The van der Waals surface area contributed by atoms with Gasteiger partial charge >= 0.3 is 0 Å². The number of hydrogen-bond acceptors (Lipinski definition) is 2. The minimum atomic E-state index is -0.0915. The predicted molar refractivity (Wildman–Crippen MR) is 78.1 cm³/mol. The third-order valence-electron chi connectivity index (χ3n) is 4.21. The summed E-state index contributed by atoms with van der Waals surface area (Å²) in [5, 5.41) is 13.9. The summed E-state index contributed by atoms with van der Waals surface area (Å²) in [6, 6.07) is 8.57. The first kappa shape index (κ1) is 12.2. The Morgan fingerprint density at radius 1 is 1.22 bits per heavy atom. The van der Waals surface area contributed by atoms with Gasteiger partial charge in [-0.2, -0.15) is 0 Å². The van der Waals surface area contributed by atoms with Crippen LogP contribution in [0.5, 0.6) is 0 Å². The Balaban J connectivity index is 1.65. The number of rotatable bonds is 4. The predicted octanol–water partition coefficient (Wildman–Crippen LogP) is 4.39. The summed E-state index contributed by atoms with van der Waals surface area (Å²) in [5.74, 6) is 0.565. The Bertz CT molecular complexity index is 511. The molecule has 0 saturated heterocycles. The van der Waals surface area contributed by atoms with E-state index in [2.05, 4.69) is 29.6 Å². The van der Waals surface area contributed by atoms with E-state index >= 15 is 0 Å². The lowest BCUT2D eigenvalue weighted by atomic mass is 9.95. The number of aliphatic hydroxyl groups is 1. The zero-order valence-electron chi connectivity index (χ0n) is 10.6. The van der Waals surface area contributed by atoms with Gasteiger partial charge in [0.05, 0.1) is 6.10 Å². The second-order valence-corrected chi connectivity index (χ2v) is 6.32. The minimum absolute atomic E-state index is 0.0915. The van der Waals surface area contributed by atoms with Crippen molar-refractivity contribution in [1.82, 2.24) is 0 Å². The molecule has 96 valence electrons. The number of aliphatic hydroxyl groups excluding tert-OH is 1. The highest BCUT2D eigenvalue weighted by Gasteiger charge is 2.22. The largest absolute Gasteiger partial charge is 0.393 e. The van der Waals surface area contributed by atoms with Crippen molar-refractivity contribution in [1.29, 1.82) is 0 Å². The van der Waals surface area contributed by atoms with Crippen LogP contribution >= 0.6 is 11.3 Å². The van der Waals surface area contributed by atoms with Gasteiger partial charge in [-0.15, -0.1) is 11.3 Å². The summed E-state index contributed by atoms with van der Waals surface area (Å²) in [6.45, 7) is 0. The fourth-order valence-corrected chi connectivity index (χ4v) is 4.10. The third-order valence-corrected chi connectivity index (χ3v) is 5.23. The number of thiophene rings is 1. The molecule has 0 bridgehead atoms. The average Bonchev–Trinajstić information content (AvgIpc) is 3.06. The molecule has 1 saturated carbocycles. The summed E-state index contributed by atoms with van der Waals surface area (Å²) >= 11 is 1.82. The van der Waals surface area contributed by atoms with Gasteiger partial charge in [-0.25, -0.2) is 0 Å². The molecule has 1 N–H and O–H groups in total. The van der Waals surface area contributed by atoms with Crippen LogP contribution in [0.1, 0.15) is 37.7 Å². The molecule has 1 aliphatic carbocycles. The van der Waals surface area contributed by atoms with Gasteiger partial charge in [0.25, 0.3) is 0 Å². The molecule has 1 heterocycles. The summed E-state index contributed by atoms with van der Waals surface area (Å²) in [4.78, 5) is 0. The maximum Gasteiger partial charge on any atom is 0.0571 e. The molecular weight excluding hydrogens is 240 g/mol. The molecule has 2 heteroatoms. The maximum atomic E-state index is 10.2. The van der Waals surface area contributed by atoms with E-state index in [1.165, 1.54) is 41.3 Å². The first-order valence-corrected chi connectivity index (χ1v) is 7.86. The molecular formula is C16H20OS. The molecule has 1 aliphatic rings. The molecule has 2 aromatic rings. The van der Waals surface area contributed by atoms with E-state index in [-0.39, 0.29) is 6.10 Å². The second kappa shape index (κ2) is 5.41. The van der Waals surface area contributed by atoms with Crippen LogP contribution in [-0.2, 0) is 6.42 Å². The van der Waals surface area contributed by atoms with Gasteiger partial charge < -0.3 is 5.11 Å². The SMILES string of the molecule is OC(CCc1csc2ccccc12)C1CCCC1. The van der Waals surface area contributed by atoms with Crippen LogP contribution in [0.3, 0.4) is 0 Å². The van der Waals surface area contributed by atoms with Gasteiger partial charge in [-0.3, -0.25) is 0 Å².